The summed E-state index contributed by atoms with van der Waals surface area (Å²) in [5, 5.41) is 8.41. The molecule has 1 unspecified atom stereocenters. The van der Waals surface area contributed by atoms with Gasteiger partial charge < -0.3 is 15.7 Å². The van der Waals surface area contributed by atoms with Crippen LogP contribution in [0.1, 0.15) is 46.1 Å². The minimum atomic E-state index is -1.38. The van der Waals surface area contributed by atoms with E-state index in [2.05, 4.69) is 11.9 Å². The average Bonchev–Trinajstić information content (AvgIpc) is 2.51. The van der Waals surface area contributed by atoms with Crippen molar-refractivity contribution < 1.29 is 47.0 Å². The zero-order valence-electron chi connectivity index (χ0n) is 14.6. The van der Waals surface area contributed by atoms with Crippen LogP contribution >= 0.6 is 0 Å². The fourth-order valence-corrected chi connectivity index (χ4v) is 1.25. The number of aromatic nitrogens is 1. The Labute approximate surface area is 164 Å². The number of allylic oxidation sites excluding steroid dienone is 1. The summed E-state index contributed by atoms with van der Waals surface area (Å²) in [6.07, 6.45) is 6.35. The number of rotatable bonds is 7. The number of hydrogen-bond acceptors (Lipinski definition) is 4. The van der Waals surface area contributed by atoms with Gasteiger partial charge in [-0.1, -0.05) is 33.3 Å². The van der Waals surface area contributed by atoms with E-state index in [1.165, 1.54) is 19.5 Å². The average molecular weight is 403 g/mol. The van der Waals surface area contributed by atoms with Gasteiger partial charge in [-0.2, -0.15) is 0 Å². The van der Waals surface area contributed by atoms with Gasteiger partial charge in [-0.15, -0.1) is 12.6 Å². The number of ether oxygens (including phenoxy) is 1. The molecule has 23 heavy (non-hydrogen) atoms. The van der Waals surface area contributed by atoms with Crippen LogP contribution in [0, 0.1) is 0 Å². The topological polar surface area (TPSA) is 78.2 Å². The summed E-state index contributed by atoms with van der Waals surface area (Å²) in [6, 6.07) is 3.25. The van der Waals surface area contributed by atoms with Crippen molar-refractivity contribution >= 4 is 0 Å². The number of nitrogens with one attached hydrogen (secondary N) is 2. The molecule has 0 aliphatic heterocycles. The second-order valence-electron chi connectivity index (χ2n) is 3.96. The Morgan fingerprint density at radius 3 is 2.57 bits per heavy atom. The van der Waals surface area contributed by atoms with Crippen molar-refractivity contribution in [3.05, 3.63) is 41.8 Å². The predicted octanol–water partition coefficient (Wildman–Crippen LogP) is 4.67. The minimum Gasteiger partial charge on any atom is -0.674 e. The first-order valence-electron chi connectivity index (χ1n) is 7.56. The largest absolute Gasteiger partial charge is 0.674 e. The molecule has 1 aromatic heterocycles. The van der Waals surface area contributed by atoms with Crippen molar-refractivity contribution in [2.45, 2.75) is 53.4 Å². The molecule has 1 heterocycles. The van der Waals surface area contributed by atoms with Gasteiger partial charge in [-0.05, 0) is 18.1 Å². The van der Waals surface area contributed by atoms with Crippen molar-refractivity contribution in [3.8, 4) is 5.88 Å². The van der Waals surface area contributed by atoms with Crippen LogP contribution in [-0.4, -0.2) is 23.1 Å². The summed E-state index contributed by atoms with van der Waals surface area (Å²) >= 11 is 0. The minimum absolute atomic E-state index is 0. The molecule has 0 aliphatic rings. The Morgan fingerprint density at radius 2 is 2.09 bits per heavy atom. The molecular formula is C16H29FN3O2Y-. The van der Waals surface area contributed by atoms with Crippen LogP contribution in [0.4, 0.5) is 4.39 Å². The number of hydroxylamine groups is 1. The molecule has 131 valence electrons. The molecule has 1 atom stereocenters. The second-order valence-corrected chi connectivity index (χ2v) is 3.96. The molecule has 3 N–H and O–H groups in total. The summed E-state index contributed by atoms with van der Waals surface area (Å²) in [5.41, 5.74) is 9.45. The Balaban J connectivity index is -0.000000345. The molecule has 0 fully saturated rings. The van der Waals surface area contributed by atoms with Gasteiger partial charge in [-0.25, -0.2) is 14.9 Å². The number of halogens is 1. The molecule has 0 spiro atoms. The van der Waals surface area contributed by atoms with E-state index < -0.39 is 6.36 Å². The zero-order chi connectivity index (χ0) is 17.2. The maximum absolute atomic E-state index is 12.4. The van der Waals surface area contributed by atoms with Gasteiger partial charge in [0.1, 0.15) is 0 Å². The molecule has 7 heteroatoms. The van der Waals surface area contributed by atoms with E-state index in [-0.39, 0.29) is 45.1 Å². The molecule has 0 bridgehead atoms. The molecule has 0 saturated carbocycles. The second kappa shape index (κ2) is 21.6. The van der Waals surface area contributed by atoms with Gasteiger partial charge in [-0.3, -0.25) is 0 Å². The third kappa shape index (κ3) is 19.6. The van der Waals surface area contributed by atoms with E-state index in [0.29, 0.717) is 6.54 Å². The van der Waals surface area contributed by atoms with Crippen LogP contribution in [0.15, 0.2) is 30.5 Å². The van der Waals surface area contributed by atoms with Crippen LogP contribution in [0.5, 0.6) is 5.88 Å². The van der Waals surface area contributed by atoms with E-state index in [9.17, 15) is 4.39 Å². The maximum atomic E-state index is 12.4. The van der Waals surface area contributed by atoms with Crippen LogP contribution in [0.25, 0.3) is 5.73 Å². The van der Waals surface area contributed by atoms with Crippen molar-refractivity contribution in [3.63, 3.8) is 0 Å². The van der Waals surface area contributed by atoms with Gasteiger partial charge in [0.15, 0.2) is 0 Å². The Bertz CT molecular complexity index is 380. The smallest absolute Gasteiger partial charge is 0.237 e. The fraction of sp³-hybridized carbons (Fsp3) is 0.562. The van der Waals surface area contributed by atoms with Gasteiger partial charge in [0.05, 0.1) is 0 Å². The quantitative estimate of drug-likeness (QED) is 0.512. The fourth-order valence-electron chi connectivity index (χ4n) is 1.25. The zero-order valence-corrected chi connectivity index (χ0v) is 17.4. The molecule has 1 radical (unpaired) electrons. The summed E-state index contributed by atoms with van der Waals surface area (Å²) in [6.45, 7) is 8.12. The SMILES string of the molecule is CC.CC(F)Oc1cc(CNO)ccn1.CCC/C=C/C[NH-].[Y]. The first kappa shape index (κ1) is 27.5. The number of unbranched alkanes of at least 4 members (excludes halogenated alkanes) is 1. The molecule has 0 aliphatic carbocycles. The van der Waals surface area contributed by atoms with Crippen LogP contribution < -0.4 is 10.2 Å². The first-order valence-corrected chi connectivity index (χ1v) is 7.56. The molecular weight excluding hydrogens is 374 g/mol. The Kier molecular flexibility index (Phi) is 25.8. The van der Waals surface area contributed by atoms with E-state index in [4.69, 9.17) is 15.7 Å². The van der Waals surface area contributed by atoms with Gasteiger partial charge in [0.25, 0.3) is 0 Å². The summed E-state index contributed by atoms with van der Waals surface area (Å²) in [7, 11) is 0. The van der Waals surface area contributed by atoms with Gasteiger partial charge in [0, 0.05) is 58.4 Å². The number of hydrogen-bond donors (Lipinski definition) is 2. The van der Waals surface area contributed by atoms with Gasteiger partial charge >= 0.3 is 0 Å². The monoisotopic (exact) mass is 403 g/mol. The van der Waals surface area contributed by atoms with E-state index in [1.807, 2.05) is 31.5 Å². The van der Waals surface area contributed by atoms with Crippen molar-refractivity contribution in [1.29, 1.82) is 0 Å². The standard InChI is InChI=1S/C8H11FN2O2.C6H12N.C2H6.Y/c1-6(9)13-8-4-7(5-11-12)2-3-10-8;1-2-3-4-5-6-7;1-2;/h2-4,6,11-12H,5H2,1H3;4-5,7H,2-3,6H2,1H3;1-2H3;/q;-1;;/b;5-4+;;. The first-order chi connectivity index (χ1) is 10.6. The molecule has 0 aromatic carbocycles. The molecule has 1 rings (SSSR count). The summed E-state index contributed by atoms with van der Waals surface area (Å²) in [5.74, 6) is 0.211. The van der Waals surface area contributed by atoms with Crippen LogP contribution in [0.2, 0.25) is 0 Å². The normalized spacial score (nSPS) is 10.6. The van der Waals surface area contributed by atoms with Crippen LogP contribution in [0.3, 0.4) is 0 Å². The molecule has 0 amide bonds. The van der Waals surface area contributed by atoms with Crippen molar-refractivity contribution in [2.75, 3.05) is 6.54 Å². The predicted molar refractivity (Wildman–Crippen MR) is 88.6 cm³/mol. The molecule has 0 saturated heterocycles. The number of alkyl halides is 1. The van der Waals surface area contributed by atoms with Crippen molar-refractivity contribution in [2.24, 2.45) is 0 Å². The third-order valence-corrected chi connectivity index (χ3v) is 2.11. The maximum Gasteiger partial charge on any atom is 0.237 e. The Hall–Kier alpha value is -0.396. The van der Waals surface area contributed by atoms with E-state index in [0.717, 1.165) is 12.0 Å². The van der Waals surface area contributed by atoms with Gasteiger partial charge in [0.2, 0.25) is 12.2 Å². The molecule has 1 aromatic rings. The summed E-state index contributed by atoms with van der Waals surface area (Å²) in [4.78, 5) is 3.79. The number of pyridine rings is 1. The molecule has 5 nitrogen and oxygen atoms in total. The Morgan fingerprint density at radius 1 is 1.43 bits per heavy atom. The third-order valence-electron chi connectivity index (χ3n) is 2.11. The number of nitrogens with zero attached hydrogens (tertiary/aromatic N) is 1. The van der Waals surface area contributed by atoms with Crippen molar-refractivity contribution in [1.82, 2.24) is 10.5 Å². The van der Waals surface area contributed by atoms with Crippen LogP contribution in [-0.2, 0) is 39.3 Å². The van der Waals surface area contributed by atoms with E-state index in [1.54, 1.807) is 12.1 Å². The summed E-state index contributed by atoms with van der Waals surface area (Å²) < 4.78 is 17.1. The van der Waals surface area contributed by atoms with E-state index >= 15 is 0 Å².